The molecule has 142 valence electrons. The summed E-state index contributed by atoms with van der Waals surface area (Å²) in [5.41, 5.74) is 0.977. The van der Waals surface area contributed by atoms with Crippen LogP contribution >= 0.6 is 0 Å². The Labute approximate surface area is 162 Å². The number of carbonyl (C=O) groups is 2. The average Bonchev–Trinajstić information content (AvgIpc) is 2.74. The zero-order valence-corrected chi connectivity index (χ0v) is 15.5. The van der Waals surface area contributed by atoms with Crippen molar-refractivity contribution in [3.8, 4) is 17.2 Å². The van der Waals surface area contributed by atoms with Crippen LogP contribution in [0.1, 0.15) is 20.7 Å². The van der Waals surface area contributed by atoms with Gasteiger partial charge in [-0.1, -0.05) is 12.1 Å². The van der Waals surface area contributed by atoms with E-state index in [0.717, 1.165) is 0 Å². The topological polar surface area (TPSA) is 73.9 Å². The largest absolute Gasteiger partial charge is 0.497 e. The summed E-state index contributed by atoms with van der Waals surface area (Å²) < 4.78 is 15.6. The molecular formula is C22H19NO5. The summed E-state index contributed by atoms with van der Waals surface area (Å²) in [6.07, 6.45) is 0. The third-order valence-corrected chi connectivity index (χ3v) is 4.01. The van der Waals surface area contributed by atoms with E-state index in [1.165, 1.54) is 0 Å². The lowest BCUT2D eigenvalue weighted by Gasteiger charge is -2.11. The molecule has 1 amide bonds. The second-order valence-corrected chi connectivity index (χ2v) is 5.79. The highest BCUT2D eigenvalue weighted by Gasteiger charge is 2.18. The lowest BCUT2D eigenvalue weighted by atomic mass is 10.1. The number of benzene rings is 3. The van der Waals surface area contributed by atoms with Gasteiger partial charge >= 0.3 is 5.97 Å². The normalized spacial score (nSPS) is 10.1. The van der Waals surface area contributed by atoms with Gasteiger partial charge in [-0.2, -0.15) is 0 Å². The van der Waals surface area contributed by atoms with Crippen molar-refractivity contribution >= 4 is 17.6 Å². The number of hydrogen-bond acceptors (Lipinski definition) is 5. The van der Waals surface area contributed by atoms with E-state index in [-0.39, 0.29) is 11.1 Å². The van der Waals surface area contributed by atoms with Gasteiger partial charge < -0.3 is 19.5 Å². The molecule has 0 spiro atoms. The summed E-state index contributed by atoms with van der Waals surface area (Å²) in [7, 11) is 3.12. The first-order valence-corrected chi connectivity index (χ1v) is 8.51. The Bertz CT molecular complexity index is 884. The molecule has 28 heavy (non-hydrogen) atoms. The third kappa shape index (κ3) is 4.48. The van der Waals surface area contributed by atoms with Crippen LogP contribution in [0.5, 0.6) is 17.2 Å². The first kappa shape index (κ1) is 19.0. The molecule has 0 aliphatic carbocycles. The van der Waals surface area contributed by atoms with Gasteiger partial charge in [0.25, 0.3) is 5.91 Å². The summed E-state index contributed by atoms with van der Waals surface area (Å²) in [4.78, 5) is 25.2. The summed E-state index contributed by atoms with van der Waals surface area (Å²) in [5.74, 6) is 0.662. The predicted molar refractivity (Wildman–Crippen MR) is 105 cm³/mol. The highest BCUT2D eigenvalue weighted by molar-refractivity contribution is 6.11. The van der Waals surface area contributed by atoms with Gasteiger partial charge in [0.05, 0.1) is 25.3 Å². The van der Waals surface area contributed by atoms with Crippen molar-refractivity contribution in [3.63, 3.8) is 0 Å². The van der Waals surface area contributed by atoms with Gasteiger partial charge in [-0.3, -0.25) is 4.79 Å². The minimum Gasteiger partial charge on any atom is -0.497 e. The second kappa shape index (κ2) is 8.73. The lowest BCUT2D eigenvalue weighted by Crippen LogP contribution is -2.19. The van der Waals surface area contributed by atoms with E-state index in [2.05, 4.69) is 5.32 Å². The van der Waals surface area contributed by atoms with Crippen molar-refractivity contribution in [2.75, 3.05) is 19.5 Å². The van der Waals surface area contributed by atoms with E-state index < -0.39 is 11.9 Å². The Balaban J connectivity index is 1.76. The highest BCUT2D eigenvalue weighted by Crippen LogP contribution is 2.20. The smallest absolute Gasteiger partial charge is 0.344 e. The number of amides is 1. The molecule has 3 rings (SSSR count). The molecule has 0 aliphatic heterocycles. The molecule has 0 unspecified atom stereocenters. The predicted octanol–water partition coefficient (Wildman–Crippen LogP) is 4.18. The van der Waals surface area contributed by atoms with Gasteiger partial charge in [-0.25, -0.2) is 4.79 Å². The number of nitrogens with one attached hydrogen (secondary N) is 1. The first-order chi connectivity index (χ1) is 13.6. The molecule has 0 heterocycles. The van der Waals surface area contributed by atoms with Gasteiger partial charge in [0.15, 0.2) is 0 Å². The maximum absolute atomic E-state index is 12.7. The molecule has 3 aromatic carbocycles. The molecular weight excluding hydrogens is 358 g/mol. The minimum absolute atomic E-state index is 0.171. The summed E-state index contributed by atoms with van der Waals surface area (Å²) in [6.45, 7) is 0. The first-order valence-electron chi connectivity index (χ1n) is 8.51. The molecule has 1 N–H and O–H groups in total. The molecule has 0 aliphatic rings. The molecule has 0 atom stereocenters. The zero-order chi connectivity index (χ0) is 19.9. The van der Waals surface area contributed by atoms with Crippen LogP contribution in [0.15, 0.2) is 72.8 Å². The van der Waals surface area contributed by atoms with Crippen molar-refractivity contribution in [3.05, 3.63) is 83.9 Å². The van der Waals surface area contributed by atoms with Crippen molar-refractivity contribution in [1.29, 1.82) is 0 Å². The number of esters is 1. The molecule has 0 saturated carbocycles. The van der Waals surface area contributed by atoms with E-state index in [9.17, 15) is 9.59 Å². The molecule has 6 heteroatoms. The molecule has 0 aromatic heterocycles. The Morgan fingerprint density at radius 2 is 1.18 bits per heavy atom. The third-order valence-electron chi connectivity index (χ3n) is 4.01. The monoisotopic (exact) mass is 377 g/mol. The van der Waals surface area contributed by atoms with Crippen LogP contribution in [0.25, 0.3) is 0 Å². The molecule has 0 radical (unpaired) electrons. The number of methoxy groups -OCH3 is 2. The van der Waals surface area contributed by atoms with Crippen LogP contribution in [-0.2, 0) is 0 Å². The number of hydrogen-bond donors (Lipinski definition) is 1. The van der Waals surface area contributed by atoms with Gasteiger partial charge in [-0.15, -0.1) is 0 Å². The van der Waals surface area contributed by atoms with Crippen molar-refractivity contribution in [2.24, 2.45) is 0 Å². The van der Waals surface area contributed by atoms with Gasteiger partial charge in [0.2, 0.25) is 0 Å². The fourth-order valence-corrected chi connectivity index (χ4v) is 2.54. The summed E-state index contributed by atoms with van der Waals surface area (Å²) in [6, 6.07) is 20.0. The highest BCUT2D eigenvalue weighted by atomic mass is 16.5. The molecule has 3 aromatic rings. The number of ether oxygens (including phenoxy) is 3. The van der Waals surface area contributed by atoms with E-state index in [1.54, 1.807) is 87.0 Å². The SMILES string of the molecule is COc1ccc(NC(=O)c2ccccc2C(=O)Oc2ccc(OC)cc2)cc1. The number of rotatable bonds is 6. The van der Waals surface area contributed by atoms with Crippen LogP contribution in [0.3, 0.4) is 0 Å². The number of carbonyl (C=O) groups excluding carboxylic acids is 2. The quantitative estimate of drug-likeness (QED) is 0.515. The van der Waals surface area contributed by atoms with Crippen molar-refractivity contribution in [2.45, 2.75) is 0 Å². The Morgan fingerprint density at radius 3 is 1.75 bits per heavy atom. The van der Waals surface area contributed by atoms with E-state index in [0.29, 0.717) is 22.9 Å². The zero-order valence-electron chi connectivity index (χ0n) is 15.5. The summed E-state index contributed by atoms with van der Waals surface area (Å²) >= 11 is 0. The fourth-order valence-electron chi connectivity index (χ4n) is 2.54. The molecule has 0 bridgehead atoms. The molecule has 6 nitrogen and oxygen atoms in total. The van der Waals surface area contributed by atoms with Gasteiger partial charge in [0, 0.05) is 5.69 Å². The number of anilines is 1. The average molecular weight is 377 g/mol. The minimum atomic E-state index is -0.620. The van der Waals surface area contributed by atoms with E-state index in [1.807, 2.05) is 0 Å². The Kier molecular flexibility index (Phi) is 5.91. The fraction of sp³-hybridized carbons (Fsp3) is 0.0909. The second-order valence-electron chi connectivity index (χ2n) is 5.79. The van der Waals surface area contributed by atoms with Gasteiger partial charge in [0.1, 0.15) is 17.2 Å². The van der Waals surface area contributed by atoms with Gasteiger partial charge in [-0.05, 0) is 60.7 Å². The van der Waals surface area contributed by atoms with Crippen LogP contribution in [0.2, 0.25) is 0 Å². The van der Waals surface area contributed by atoms with Crippen molar-refractivity contribution < 1.29 is 23.8 Å². The van der Waals surface area contributed by atoms with Crippen molar-refractivity contribution in [1.82, 2.24) is 0 Å². The molecule has 0 fully saturated rings. The van der Waals surface area contributed by atoms with E-state index >= 15 is 0 Å². The standard InChI is InChI=1S/C22H19NO5/c1-26-16-9-7-15(8-10-16)23-21(24)19-5-3-4-6-20(19)22(25)28-18-13-11-17(27-2)12-14-18/h3-14H,1-2H3,(H,23,24). The maximum Gasteiger partial charge on any atom is 0.344 e. The van der Waals surface area contributed by atoms with Crippen LogP contribution in [0, 0.1) is 0 Å². The Morgan fingerprint density at radius 1 is 0.679 bits per heavy atom. The van der Waals surface area contributed by atoms with Crippen LogP contribution in [-0.4, -0.2) is 26.1 Å². The van der Waals surface area contributed by atoms with Crippen LogP contribution in [0.4, 0.5) is 5.69 Å². The lowest BCUT2D eigenvalue weighted by molar-refractivity contribution is 0.0730. The molecule has 0 saturated heterocycles. The Hall–Kier alpha value is -3.80. The van der Waals surface area contributed by atoms with Crippen LogP contribution < -0.4 is 19.5 Å². The summed E-state index contributed by atoms with van der Waals surface area (Å²) in [5, 5.41) is 2.76. The maximum atomic E-state index is 12.7. The van der Waals surface area contributed by atoms with E-state index in [4.69, 9.17) is 14.2 Å².